The molecule has 1 aliphatic rings. The van der Waals surface area contributed by atoms with Crippen molar-refractivity contribution in [2.75, 3.05) is 0 Å². The van der Waals surface area contributed by atoms with E-state index in [1.165, 1.54) is 3.97 Å². The minimum atomic E-state index is -3.66. The Labute approximate surface area is 130 Å². The second kappa shape index (κ2) is 5.39. The van der Waals surface area contributed by atoms with Crippen LogP contribution in [0.1, 0.15) is 47.1 Å². The Morgan fingerprint density at radius 3 is 2.45 bits per heavy atom. The maximum Gasteiger partial charge on any atom is 0.268 e. The summed E-state index contributed by atoms with van der Waals surface area (Å²) in [6.07, 6.45) is 2.52. The number of hydrogen-bond acceptors (Lipinski definition) is 3. The molecule has 1 heterocycles. The number of Topliss-reactive ketones (excluding diaryl/α,β-unsaturated/α-hetero) is 1. The van der Waals surface area contributed by atoms with Crippen LogP contribution in [-0.2, 0) is 22.9 Å². The van der Waals surface area contributed by atoms with Gasteiger partial charge >= 0.3 is 0 Å². The summed E-state index contributed by atoms with van der Waals surface area (Å²) in [5.74, 6) is 0.0724. The second-order valence-corrected chi connectivity index (χ2v) is 7.39. The van der Waals surface area contributed by atoms with Crippen LogP contribution in [0, 0.1) is 6.92 Å². The van der Waals surface area contributed by atoms with Gasteiger partial charge in [-0.05, 0) is 43.9 Å². The molecule has 4 nitrogen and oxygen atoms in total. The predicted molar refractivity (Wildman–Crippen MR) is 84.8 cm³/mol. The third-order valence-electron chi connectivity index (χ3n) is 4.31. The standard InChI is InChI=1S/C17H19NO3S/c1-3-14-12(2)18(15-10-7-11-16(19)17(14)15)22(20,21)13-8-5-4-6-9-13/h4-6,8-9H,3,7,10-11H2,1-2H3. The van der Waals surface area contributed by atoms with Crippen LogP contribution in [0.3, 0.4) is 0 Å². The molecule has 0 amide bonds. The number of fused-ring (bicyclic) bond motifs is 1. The van der Waals surface area contributed by atoms with E-state index in [1.807, 2.05) is 6.92 Å². The van der Waals surface area contributed by atoms with Gasteiger partial charge in [-0.25, -0.2) is 12.4 Å². The Morgan fingerprint density at radius 2 is 1.82 bits per heavy atom. The van der Waals surface area contributed by atoms with Crippen molar-refractivity contribution in [2.45, 2.75) is 44.4 Å². The number of benzene rings is 1. The van der Waals surface area contributed by atoms with Crippen molar-refractivity contribution in [3.8, 4) is 0 Å². The maximum atomic E-state index is 13.0. The molecule has 116 valence electrons. The molecule has 0 spiro atoms. The lowest BCUT2D eigenvalue weighted by Gasteiger charge is -2.16. The van der Waals surface area contributed by atoms with Gasteiger partial charge in [0, 0.05) is 23.4 Å². The Bertz CT molecular complexity index is 833. The van der Waals surface area contributed by atoms with Crippen molar-refractivity contribution in [3.05, 3.63) is 52.8 Å². The quantitative estimate of drug-likeness (QED) is 0.874. The van der Waals surface area contributed by atoms with Gasteiger partial charge < -0.3 is 0 Å². The number of carbonyl (C=O) groups is 1. The first kappa shape index (κ1) is 15.0. The van der Waals surface area contributed by atoms with Crippen LogP contribution < -0.4 is 0 Å². The van der Waals surface area contributed by atoms with Crippen LogP contribution >= 0.6 is 0 Å². The lowest BCUT2D eigenvalue weighted by Crippen LogP contribution is -2.20. The van der Waals surface area contributed by atoms with Crippen molar-refractivity contribution in [1.82, 2.24) is 3.97 Å². The maximum absolute atomic E-state index is 13.0. The van der Waals surface area contributed by atoms with Gasteiger partial charge in [0.1, 0.15) is 0 Å². The summed E-state index contributed by atoms with van der Waals surface area (Å²) < 4.78 is 27.4. The Kier molecular flexibility index (Phi) is 3.68. The smallest absolute Gasteiger partial charge is 0.268 e. The molecule has 0 fully saturated rings. The summed E-state index contributed by atoms with van der Waals surface area (Å²) in [6.45, 7) is 3.76. The molecular weight excluding hydrogens is 298 g/mol. The highest BCUT2D eigenvalue weighted by Crippen LogP contribution is 2.33. The zero-order chi connectivity index (χ0) is 15.9. The van der Waals surface area contributed by atoms with Crippen LogP contribution in [0.2, 0.25) is 0 Å². The fourth-order valence-corrected chi connectivity index (χ4v) is 4.99. The number of aromatic nitrogens is 1. The normalized spacial score (nSPS) is 14.9. The molecule has 0 saturated carbocycles. The summed E-state index contributed by atoms with van der Waals surface area (Å²) >= 11 is 0. The van der Waals surface area contributed by atoms with E-state index in [1.54, 1.807) is 37.3 Å². The molecule has 0 bridgehead atoms. The lowest BCUT2D eigenvalue weighted by molar-refractivity contribution is 0.0971. The Hall–Kier alpha value is -1.88. The highest BCUT2D eigenvalue weighted by molar-refractivity contribution is 7.90. The van der Waals surface area contributed by atoms with Gasteiger partial charge in [0.05, 0.1) is 4.90 Å². The third kappa shape index (κ3) is 2.11. The summed E-state index contributed by atoms with van der Waals surface area (Å²) in [5.41, 5.74) is 2.85. The molecule has 0 N–H and O–H groups in total. The van der Waals surface area contributed by atoms with E-state index in [4.69, 9.17) is 0 Å². The first-order valence-corrected chi connectivity index (χ1v) is 8.99. The molecule has 22 heavy (non-hydrogen) atoms. The van der Waals surface area contributed by atoms with Crippen LogP contribution in [-0.4, -0.2) is 18.2 Å². The Morgan fingerprint density at radius 1 is 1.14 bits per heavy atom. The molecule has 0 saturated heterocycles. The van der Waals surface area contributed by atoms with Gasteiger partial charge in [-0.1, -0.05) is 25.1 Å². The second-order valence-electron chi connectivity index (χ2n) is 5.60. The van der Waals surface area contributed by atoms with E-state index in [0.717, 1.165) is 5.56 Å². The van der Waals surface area contributed by atoms with E-state index in [0.29, 0.717) is 42.6 Å². The van der Waals surface area contributed by atoms with Crippen LogP contribution in [0.25, 0.3) is 0 Å². The molecule has 0 aliphatic heterocycles. The molecule has 1 aromatic carbocycles. The van der Waals surface area contributed by atoms with Gasteiger partial charge in [0.25, 0.3) is 10.0 Å². The van der Waals surface area contributed by atoms with Crippen molar-refractivity contribution < 1.29 is 13.2 Å². The SMILES string of the molecule is CCc1c2c(n(S(=O)(=O)c3ccccc3)c1C)CCCC2=O. The van der Waals surface area contributed by atoms with E-state index >= 15 is 0 Å². The molecule has 0 atom stereocenters. The van der Waals surface area contributed by atoms with Gasteiger partial charge in [0.2, 0.25) is 0 Å². The summed E-state index contributed by atoms with van der Waals surface area (Å²) in [5, 5.41) is 0. The predicted octanol–water partition coefficient (Wildman–Crippen LogP) is 3.11. The van der Waals surface area contributed by atoms with E-state index in [-0.39, 0.29) is 10.7 Å². The molecule has 5 heteroatoms. The largest absolute Gasteiger partial charge is 0.294 e. The lowest BCUT2D eigenvalue weighted by atomic mass is 9.92. The zero-order valence-corrected chi connectivity index (χ0v) is 13.6. The number of rotatable bonds is 3. The van der Waals surface area contributed by atoms with E-state index in [9.17, 15) is 13.2 Å². The van der Waals surface area contributed by atoms with Gasteiger partial charge in [-0.3, -0.25) is 4.79 Å². The minimum absolute atomic E-state index is 0.0724. The fraction of sp³-hybridized carbons (Fsp3) is 0.353. The monoisotopic (exact) mass is 317 g/mol. The average molecular weight is 317 g/mol. The van der Waals surface area contributed by atoms with Gasteiger partial charge in [0.15, 0.2) is 5.78 Å². The average Bonchev–Trinajstić information content (AvgIpc) is 2.81. The van der Waals surface area contributed by atoms with Gasteiger partial charge in [-0.2, -0.15) is 0 Å². The topological polar surface area (TPSA) is 56.1 Å². The molecule has 2 aromatic rings. The van der Waals surface area contributed by atoms with Crippen molar-refractivity contribution >= 4 is 15.8 Å². The summed E-state index contributed by atoms with van der Waals surface area (Å²) in [4.78, 5) is 12.5. The number of ketones is 1. The fourth-order valence-electron chi connectivity index (χ4n) is 3.33. The molecule has 0 radical (unpaired) electrons. The molecule has 1 aromatic heterocycles. The number of carbonyl (C=O) groups excluding carboxylic acids is 1. The first-order valence-electron chi connectivity index (χ1n) is 7.55. The van der Waals surface area contributed by atoms with Crippen molar-refractivity contribution in [3.63, 3.8) is 0 Å². The summed E-state index contributed by atoms with van der Waals surface area (Å²) in [7, 11) is -3.66. The minimum Gasteiger partial charge on any atom is -0.294 e. The van der Waals surface area contributed by atoms with Gasteiger partial charge in [-0.15, -0.1) is 0 Å². The highest BCUT2D eigenvalue weighted by atomic mass is 32.2. The third-order valence-corrected chi connectivity index (χ3v) is 6.15. The molecule has 1 aliphatic carbocycles. The van der Waals surface area contributed by atoms with E-state index in [2.05, 4.69) is 0 Å². The van der Waals surface area contributed by atoms with Crippen molar-refractivity contribution in [1.29, 1.82) is 0 Å². The Balaban J connectivity index is 2.31. The highest BCUT2D eigenvalue weighted by Gasteiger charge is 2.32. The van der Waals surface area contributed by atoms with Crippen LogP contribution in [0.4, 0.5) is 0 Å². The number of nitrogens with zero attached hydrogens (tertiary/aromatic N) is 1. The van der Waals surface area contributed by atoms with E-state index < -0.39 is 10.0 Å². The van der Waals surface area contributed by atoms with Crippen LogP contribution in [0.5, 0.6) is 0 Å². The number of hydrogen-bond donors (Lipinski definition) is 0. The molecule has 0 unspecified atom stereocenters. The van der Waals surface area contributed by atoms with Crippen molar-refractivity contribution in [2.24, 2.45) is 0 Å². The first-order chi connectivity index (χ1) is 10.5. The van der Waals surface area contributed by atoms with Crippen LogP contribution in [0.15, 0.2) is 35.2 Å². The summed E-state index contributed by atoms with van der Waals surface area (Å²) in [6, 6.07) is 8.40. The molecule has 3 rings (SSSR count). The zero-order valence-electron chi connectivity index (χ0n) is 12.8. The molecular formula is C17H19NO3S.